The molecule has 1 atom stereocenters. The molecule has 0 saturated heterocycles. The van der Waals surface area contributed by atoms with Crippen LogP contribution in [0.5, 0.6) is 5.75 Å². The Labute approximate surface area is 97.7 Å². The Kier molecular flexibility index (Phi) is 4.39. The van der Waals surface area contributed by atoms with Gasteiger partial charge in [-0.25, -0.2) is 4.39 Å². The molecule has 15 heavy (non-hydrogen) atoms. The topological polar surface area (TPSA) is 35.2 Å². The van der Waals surface area contributed by atoms with E-state index >= 15 is 0 Å². The van der Waals surface area contributed by atoms with E-state index in [1.807, 2.05) is 6.92 Å². The summed E-state index contributed by atoms with van der Waals surface area (Å²) in [5.41, 5.74) is 6.16. The number of ether oxygens (including phenoxy) is 1. The Hall–Kier alpha value is -0.770. The first-order valence-corrected chi connectivity index (χ1v) is 5.75. The van der Waals surface area contributed by atoms with Crippen molar-refractivity contribution in [2.24, 2.45) is 0 Å². The van der Waals surface area contributed by atoms with E-state index in [1.165, 1.54) is 12.1 Å². The van der Waals surface area contributed by atoms with Crippen molar-refractivity contribution in [1.29, 1.82) is 0 Å². The van der Waals surface area contributed by atoms with Crippen LogP contribution in [0.3, 0.4) is 0 Å². The van der Waals surface area contributed by atoms with Gasteiger partial charge in [0.25, 0.3) is 0 Å². The summed E-state index contributed by atoms with van der Waals surface area (Å²) in [6.45, 7) is 4.02. The molecule has 0 spiro atoms. The first-order valence-electron chi connectivity index (χ1n) is 4.95. The van der Waals surface area contributed by atoms with E-state index in [0.717, 1.165) is 12.8 Å². The highest BCUT2D eigenvalue weighted by atomic mass is 79.9. The molecule has 2 N–H and O–H groups in total. The lowest BCUT2D eigenvalue weighted by Gasteiger charge is -2.15. The lowest BCUT2D eigenvalue weighted by Crippen LogP contribution is -2.12. The summed E-state index contributed by atoms with van der Waals surface area (Å²) in [5, 5.41) is 0. The molecule has 1 unspecified atom stereocenters. The molecular weight excluding hydrogens is 261 g/mol. The molecule has 1 rings (SSSR count). The van der Waals surface area contributed by atoms with Crippen molar-refractivity contribution < 1.29 is 9.13 Å². The molecule has 0 amide bonds. The van der Waals surface area contributed by atoms with E-state index in [0.29, 0.717) is 15.9 Å². The van der Waals surface area contributed by atoms with Crippen molar-refractivity contribution >= 4 is 21.6 Å². The zero-order chi connectivity index (χ0) is 11.4. The number of nitrogens with two attached hydrogens (primary N) is 1. The van der Waals surface area contributed by atoms with Crippen molar-refractivity contribution in [3.8, 4) is 5.75 Å². The summed E-state index contributed by atoms with van der Waals surface area (Å²) in [7, 11) is 0. The van der Waals surface area contributed by atoms with Crippen LogP contribution in [-0.2, 0) is 0 Å². The maximum Gasteiger partial charge on any atom is 0.145 e. The molecular formula is C11H15BrFNO. The van der Waals surface area contributed by atoms with Gasteiger partial charge in [-0.15, -0.1) is 0 Å². The van der Waals surface area contributed by atoms with Crippen LogP contribution in [0.25, 0.3) is 0 Å². The van der Waals surface area contributed by atoms with Crippen LogP contribution in [0.15, 0.2) is 16.6 Å². The van der Waals surface area contributed by atoms with Crippen LogP contribution < -0.4 is 10.5 Å². The molecule has 0 aliphatic rings. The first kappa shape index (κ1) is 12.3. The van der Waals surface area contributed by atoms with Gasteiger partial charge in [0.1, 0.15) is 11.6 Å². The maximum absolute atomic E-state index is 13.2. The number of hydrogen-bond acceptors (Lipinski definition) is 2. The minimum atomic E-state index is -0.358. The predicted molar refractivity (Wildman–Crippen MR) is 63.5 cm³/mol. The third-order valence-corrected chi connectivity index (χ3v) is 2.68. The fraction of sp³-hybridized carbons (Fsp3) is 0.455. The summed E-state index contributed by atoms with van der Waals surface area (Å²) in [4.78, 5) is 0. The van der Waals surface area contributed by atoms with Crippen LogP contribution in [0, 0.1) is 5.82 Å². The van der Waals surface area contributed by atoms with Gasteiger partial charge in [-0.1, -0.05) is 13.3 Å². The third-order valence-electron chi connectivity index (χ3n) is 2.08. The molecule has 0 aromatic heterocycles. The second-order valence-electron chi connectivity index (χ2n) is 3.52. The van der Waals surface area contributed by atoms with Crippen molar-refractivity contribution in [2.45, 2.75) is 32.8 Å². The highest BCUT2D eigenvalue weighted by Gasteiger charge is 2.09. The van der Waals surface area contributed by atoms with Gasteiger partial charge in [-0.3, -0.25) is 0 Å². The van der Waals surface area contributed by atoms with E-state index < -0.39 is 0 Å². The minimum Gasteiger partial charge on any atom is -0.488 e. The normalized spacial score (nSPS) is 12.5. The van der Waals surface area contributed by atoms with E-state index in [-0.39, 0.29) is 11.9 Å². The van der Waals surface area contributed by atoms with Crippen LogP contribution in [0.4, 0.5) is 10.1 Å². The lowest BCUT2D eigenvalue weighted by atomic mass is 10.2. The fourth-order valence-corrected chi connectivity index (χ4v) is 1.69. The number of halogens is 2. The van der Waals surface area contributed by atoms with Gasteiger partial charge in [0.15, 0.2) is 0 Å². The number of benzene rings is 1. The van der Waals surface area contributed by atoms with Crippen LogP contribution in [0.2, 0.25) is 0 Å². The van der Waals surface area contributed by atoms with Gasteiger partial charge in [0.05, 0.1) is 16.3 Å². The standard InChI is InChI=1S/C11H15BrFNO/c1-3-4-7(2)15-11-6-9(13)8(12)5-10(11)14/h5-7H,3-4,14H2,1-2H3. The first-order chi connectivity index (χ1) is 7.04. The number of hydrogen-bond donors (Lipinski definition) is 1. The molecule has 0 aliphatic carbocycles. The van der Waals surface area contributed by atoms with E-state index in [1.54, 1.807) is 0 Å². The zero-order valence-electron chi connectivity index (χ0n) is 8.89. The fourth-order valence-electron chi connectivity index (χ4n) is 1.33. The smallest absolute Gasteiger partial charge is 0.145 e. The molecule has 84 valence electrons. The number of nitrogen functional groups attached to an aromatic ring is 1. The van der Waals surface area contributed by atoms with Crippen LogP contribution in [0.1, 0.15) is 26.7 Å². The highest BCUT2D eigenvalue weighted by Crippen LogP contribution is 2.29. The SMILES string of the molecule is CCCC(C)Oc1cc(F)c(Br)cc1N. The molecule has 0 saturated carbocycles. The quantitative estimate of drug-likeness (QED) is 0.850. The Morgan fingerprint density at radius 1 is 1.53 bits per heavy atom. The van der Waals surface area contributed by atoms with Crippen LogP contribution >= 0.6 is 15.9 Å². The highest BCUT2D eigenvalue weighted by molar-refractivity contribution is 9.10. The van der Waals surface area contributed by atoms with Crippen molar-refractivity contribution in [1.82, 2.24) is 0 Å². The van der Waals surface area contributed by atoms with Crippen molar-refractivity contribution in [3.05, 3.63) is 22.4 Å². The molecule has 0 fully saturated rings. The van der Waals surface area contributed by atoms with Gasteiger partial charge in [-0.2, -0.15) is 0 Å². The number of rotatable bonds is 4. The zero-order valence-corrected chi connectivity index (χ0v) is 10.5. The minimum absolute atomic E-state index is 0.0536. The molecule has 0 heterocycles. The van der Waals surface area contributed by atoms with Crippen molar-refractivity contribution in [2.75, 3.05) is 5.73 Å². The van der Waals surface area contributed by atoms with Gasteiger partial charge < -0.3 is 10.5 Å². The summed E-state index contributed by atoms with van der Waals surface area (Å²) >= 11 is 3.07. The summed E-state index contributed by atoms with van der Waals surface area (Å²) in [6, 6.07) is 2.83. The van der Waals surface area contributed by atoms with E-state index in [4.69, 9.17) is 10.5 Å². The molecule has 0 aliphatic heterocycles. The Morgan fingerprint density at radius 3 is 2.80 bits per heavy atom. The Bertz CT molecular complexity index is 344. The molecule has 4 heteroatoms. The molecule has 1 aromatic carbocycles. The average Bonchev–Trinajstić information content (AvgIpc) is 2.14. The Balaban J connectivity index is 2.81. The van der Waals surface area contributed by atoms with Gasteiger partial charge in [0, 0.05) is 6.07 Å². The summed E-state index contributed by atoms with van der Waals surface area (Å²) in [5.74, 6) is 0.0551. The van der Waals surface area contributed by atoms with Crippen LogP contribution in [-0.4, -0.2) is 6.10 Å². The van der Waals surface area contributed by atoms with E-state index in [9.17, 15) is 4.39 Å². The predicted octanol–water partition coefficient (Wildman–Crippen LogP) is 3.74. The summed E-state index contributed by atoms with van der Waals surface area (Å²) in [6.07, 6.45) is 2.01. The maximum atomic E-state index is 13.2. The van der Waals surface area contributed by atoms with Gasteiger partial charge in [-0.05, 0) is 35.3 Å². The average molecular weight is 276 g/mol. The molecule has 1 aromatic rings. The summed E-state index contributed by atoms with van der Waals surface area (Å²) < 4.78 is 19.1. The molecule has 2 nitrogen and oxygen atoms in total. The van der Waals surface area contributed by atoms with Gasteiger partial charge >= 0.3 is 0 Å². The largest absolute Gasteiger partial charge is 0.488 e. The second kappa shape index (κ2) is 5.35. The van der Waals surface area contributed by atoms with Gasteiger partial charge in [0.2, 0.25) is 0 Å². The monoisotopic (exact) mass is 275 g/mol. The Morgan fingerprint density at radius 2 is 2.20 bits per heavy atom. The molecule has 0 radical (unpaired) electrons. The third kappa shape index (κ3) is 3.38. The number of anilines is 1. The van der Waals surface area contributed by atoms with E-state index in [2.05, 4.69) is 22.9 Å². The lowest BCUT2D eigenvalue weighted by molar-refractivity contribution is 0.210. The van der Waals surface area contributed by atoms with Crippen molar-refractivity contribution in [3.63, 3.8) is 0 Å². The second-order valence-corrected chi connectivity index (χ2v) is 4.38. The molecule has 0 bridgehead atoms.